The minimum atomic E-state index is -0.671. The zero-order chi connectivity index (χ0) is 14.7. The molecule has 0 fully saturated rings. The highest BCUT2D eigenvalue weighted by atomic mass is 16.3. The molecule has 0 unspecified atom stereocenters. The van der Waals surface area contributed by atoms with Gasteiger partial charge in [-0.05, 0) is 24.3 Å². The molecule has 2 aromatic heterocycles. The maximum Gasteiger partial charge on any atom is 0.295 e. The molecule has 0 N–H and O–H groups in total. The van der Waals surface area contributed by atoms with E-state index in [1.807, 2.05) is 18.2 Å². The number of nitrogens with zero attached hydrogens (tertiary/aromatic N) is 3. The van der Waals surface area contributed by atoms with E-state index in [-0.39, 0.29) is 11.4 Å². The highest BCUT2D eigenvalue weighted by Crippen LogP contribution is 2.11. The molecule has 0 aliphatic carbocycles. The molecule has 0 spiro atoms. The minimum Gasteiger partial charge on any atom is -0.857 e. The molecule has 0 saturated carbocycles. The van der Waals surface area contributed by atoms with Gasteiger partial charge >= 0.3 is 0 Å². The van der Waals surface area contributed by atoms with Crippen LogP contribution < -0.4 is 5.11 Å². The predicted octanol–water partition coefficient (Wildman–Crippen LogP) is 1.58. The minimum absolute atomic E-state index is 0.131. The summed E-state index contributed by atoms with van der Waals surface area (Å²) in [5.74, 6) is -1.34. The van der Waals surface area contributed by atoms with Gasteiger partial charge < -0.3 is 5.11 Å². The molecule has 5 nitrogen and oxygen atoms in total. The van der Waals surface area contributed by atoms with Crippen molar-refractivity contribution in [3.8, 4) is 0 Å². The first-order chi connectivity index (χ1) is 10.2. The Hall–Kier alpha value is -3.08. The van der Waals surface area contributed by atoms with Gasteiger partial charge in [-0.15, -0.1) is 0 Å². The van der Waals surface area contributed by atoms with Gasteiger partial charge in [0, 0.05) is 17.5 Å². The van der Waals surface area contributed by atoms with Crippen molar-refractivity contribution in [3.63, 3.8) is 0 Å². The quantitative estimate of drug-likeness (QED) is 0.526. The summed E-state index contributed by atoms with van der Waals surface area (Å²) < 4.78 is 0. The van der Waals surface area contributed by atoms with Crippen LogP contribution in [0.25, 0.3) is 10.9 Å². The molecule has 102 valence electrons. The maximum absolute atomic E-state index is 12.0. The first kappa shape index (κ1) is 12.9. The number of benzene rings is 1. The van der Waals surface area contributed by atoms with Gasteiger partial charge in [-0.25, -0.2) is 9.98 Å². The number of hydrogen-bond donors (Lipinski definition) is 0. The first-order valence-electron chi connectivity index (χ1n) is 6.31. The van der Waals surface area contributed by atoms with Crippen LogP contribution in [0.5, 0.6) is 0 Å². The normalized spacial score (nSPS) is 11.5. The lowest BCUT2D eigenvalue weighted by Crippen LogP contribution is -2.22. The van der Waals surface area contributed by atoms with Crippen LogP contribution in [0.2, 0.25) is 0 Å². The van der Waals surface area contributed by atoms with Crippen LogP contribution in [0.1, 0.15) is 16.2 Å². The highest BCUT2D eigenvalue weighted by molar-refractivity contribution is 6.04. The Morgan fingerprint density at radius 3 is 2.57 bits per heavy atom. The van der Waals surface area contributed by atoms with E-state index in [1.165, 1.54) is 12.3 Å². The second-order valence-corrected chi connectivity index (χ2v) is 4.33. The zero-order valence-corrected chi connectivity index (χ0v) is 10.9. The first-order valence-corrected chi connectivity index (χ1v) is 6.31. The van der Waals surface area contributed by atoms with E-state index in [1.54, 1.807) is 30.3 Å². The maximum atomic E-state index is 12.0. The third kappa shape index (κ3) is 2.76. The summed E-state index contributed by atoms with van der Waals surface area (Å²) in [6.45, 7) is 0. The third-order valence-corrected chi connectivity index (χ3v) is 2.90. The average molecular weight is 276 g/mol. The summed E-state index contributed by atoms with van der Waals surface area (Å²) >= 11 is 0. The van der Waals surface area contributed by atoms with Crippen LogP contribution in [0.4, 0.5) is 0 Å². The number of pyridine rings is 2. The molecule has 0 radical (unpaired) electrons. The van der Waals surface area contributed by atoms with Crippen molar-refractivity contribution < 1.29 is 9.90 Å². The lowest BCUT2D eigenvalue weighted by atomic mass is 10.2. The molecule has 21 heavy (non-hydrogen) atoms. The second-order valence-electron chi connectivity index (χ2n) is 4.33. The Labute approximate surface area is 120 Å². The number of carbonyl (C=O) groups is 1. The summed E-state index contributed by atoms with van der Waals surface area (Å²) in [4.78, 5) is 23.4. The average Bonchev–Trinajstić information content (AvgIpc) is 2.55. The summed E-state index contributed by atoms with van der Waals surface area (Å²) in [6.07, 6.45) is 1.47. The predicted molar refractivity (Wildman–Crippen MR) is 76.8 cm³/mol. The second kappa shape index (κ2) is 5.50. The molecule has 0 bridgehead atoms. The van der Waals surface area contributed by atoms with Gasteiger partial charge in [0.1, 0.15) is 5.69 Å². The van der Waals surface area contributed by atoms with Gasteiger partial charge in [0.05, 0.1) is 11.2 Å². The Morgan fingerprint density at radius 2 is 1.76 bits per heavy atom. The Balaban J connectivity index is 1.94. The van der Waals surface area contributed by atoms with Crippen molar-refractivity contribution in [1.82, 2.24) is 9.97 Å². The van der Waals surface area contributed by atoms with Crippen molar-refractivity contribution in [1.29, 1.82) is 0 Å². The SMILES string of the molecule is O=C(N=C([O-])c1ccc2ccccc2n1)c1ccccn1. The van der Waals surface area contributed by atoms with Crippen molar-refractivity contribution in [3.05, 3.63) is 72.2 Å². The number of amides is 1. The third-order valence-electron chi connectivity index (χ3n) is 2.90. The Bertz CT molecular complexity index is 829. The van der Waals surface area contributed by atoms with Crippen LogP contribution in [-0.4, -0.2) is 21.8 Å². The van der Waals surface area contributed by atoms with Crippen LogP contribution in [0.15, 0.2) is 65.8 Å². The van der Waals surface area contributed by atoms with E-state index in [2.05, 4.69) is 15.0 Å². The fourth-order valence-corrected chi connectivity index (χ4v) is 1.88. The monoisotopic (exact) mass is 276 g/mol. The van der Waals surface area contributed by atoms with Gasteiger partial charge in [-0.2, -0.15) is 0 Å². The van der Waals surface area contributed by atoms with Crippen molar-refractivity contribution in [2.45, 2.75) is 0 Å². The molecule has 0 saturated heterocycles. The van der Waals surface area contributed by atoms with E-state index in [9.17, 15) is 9.90 Å². The molecule has 2 heterocycles. The van der Waals surface area contributed by atoms with E-state index in [4.69, 9.17) is 0 Å². The van der Waals surface area contributed by atoms with E-state index < -0.39 is 11.8 Å². The lowest BCUT2D eigenvalue weighted by molar-refractivity contribution is -0.213. The van der Waals surface area contributed by atoms with Gasteiger partial charge in [-0.1, -0.05) is 30.3 Å². The molecule has 0 aliphatic heterocycles. The van der Waals surface area contributed by atoms with Gasteiger partial charge in [0.25, 0.3) is 5.91 Å². The van der Waals surface area contributed by atoms with E-state index in [0.717, 1.165) is 5.39 Å². The van der Waals surface area contributed by atoms with Gasteiger partial charge in [-0.3, -0.25) is 9.78 Å². The number of para-hydroxylation sites is 1. The summed E-state index contributed by atoms with van der Waals surface area (Å²) in [6, 6.07) is 15.6. The standard InChI is InChI=1S/C16H11N3O2/c20-15(13-7-3-4-10-17-13)19-16(21)14-9-8-11-5-1-2-6-12(11)18-14/h1-10H,(H,19,20,21)/p-1. The van der Waals surface area contributed by atoms with Crippen molar-refractivity contribution in [2.75, 3.05) is 0 Å². The molecule has 1 aromatic carbocycles. The van der Waals surface area contributed by atoms with Crippen molar-refractivity contribution in [2.24, 2.45) is 4.99 Å². The van der Waals surface area contributed by atoms with Gasteiger partial charge in [0.15, 0.2) is 0 Å². The van der Waals surface area contributed by atoms with Crippen LogP contribution in [0.3, 0.4) is 0 Å². The fraction of sp³-hybridized carbons (Fsp3) is 0. The Morgan fingerprint density at radius 1 is 0.952 bits per heavy atom. The van der Waals surface area contributed by atoms with Crippen LogP contribution in [-0.2, 0) is 0 Å². The number of hydrogen-bond acceptors (Lipinski definition) is 4. The summed E-state index contributed by atoms with van der Waals surface area (Å²) in [7, 11) is 0. The molecule has 3 rings (SSSR count). The summed E-state index contributed by atoms with van der Waals surface area (Å²) in [5, 5.41) is 12.9. The molecule has 5 heteroatoms. The largest absolute Gasteiger partial charge is 0.857 e. The molecular formula is C16H10N3O2-. The van der Waals surface area contributed by atoms with Crippen LogP contribution in [0, 0.1) is 0 Å². The van der Waals surface area contributed by atoms with Crippen molar-refractivity contribution >= 4 is 22.7 Å². The zero-order valence-electron chi connectivity index (χ0n) is 10.9. The number of aromatic nitrogens is 2. The molecule has 0 aliphatic rings. The smallest absolute Gasteiger partial charge is 0.295 e. The number of aliphatic imine (C=N–C) groups is 1. The lowest BCUT2D eigenvalue weighted by Gasteiger charge is -2.09. The Kier molecular flexibility index (Phi) is 3.39. The van der Waals surface area contributed by atoms with Crippen LogP contribution >= 0.6 is 0 Å². The highest BCUT2D eigenvalue weighted by Gasteiger charge is 2.05. The fourth-order valence-electron chi connectivity index (χ4n) is 1.88. The summed E-state index contributed by atoms with van der Waals surface area (Å²) in [5.41, 5.74) is 0.952. The number of fused-ring (bicyclic) bond motifs is 1. The topological polar surface area (TPSA) is 78.3 Å². The molecular weight excluding hydrogens is 266 g/mol. The van der Waals surface area contributed by atoms with E-state index >= 15 is 0 Å². The number of rotatable bonds is 2. The van der Waals surface area contributed by atoms with E-state index in [0.29, 0.717) is 5.52 Å². The molecule has 0 atom stereocenters. The molecule has 3 aromatic rings. The molecule has 1 amide bonds. The van der Waals surface area contributed by atoms with Gasteiger partial charge in [0.2, 0.25) is 0 Å². The number of carbonyl (C=O) groups excluding carboxylic acids is 1.